The van der Waals surface area contributed by atoms with E-state index in [1.54, 1.807) is 0 Å². The van der Waals surface area contributed by atoms with Crippen LogP contribution in [-0.4, -0.2) is 80.1 Å². The molecule has 0 unspecified atom stereocenters. The second kappa shape index (κ2) is 10.9. The number of carbonyl (C=O) groups excluding carboxylic acids is 1. The quantitative estimate of drug-likeness (QED) is 0.646. The SMILES string of the molecule is Cc1cccc(N2CCN(S(=O)(=O)CC(=O)Nc3ccccc3CN3CCSCC3)CC2)c1. The maximum Gasteiger partial charge on any atom is 0.241 e. The molecule has 0 aromatic heterocycles. The van der Waals surface area contributed by atoms with Crippen LogP contribution in [0.1, 0.15) is 11.1 Å². The Labute approximate surface area is 201 Å². The van der Waals surface area contributed by atoms with Gasteiger partial charge in [-0.05, 0) is 36.2 Å². The molecule has 7 nitrogen and oxygen atoms in total. The Morgan fingerprint density at radius 3 is 2.42 bits per heavy atom. The van der Waals surface area contributed by atoms with Crippen LogP contribution >= 0.6 is 11.8 Å². The number of nitrogens with one attached hydrogen (secondary N) is 1. The van der Waals surface area contributed by atoms with Gasteiger partial charge in [0.25, 0.3) is 0 Å². The first-order valence-corrected chi connectivity index (χ1v) is 14.1. The third-order valence-electron chi connectivity index (χ3n) is 6.10. The summed E-state index contributed by atoms with van der Waals surface area (Å²) in [5.74, 6) is 1.21. The van der Waals surface area contributed by atoms with Crippen molar-refractivity contribution in [3.8, 4) is 0 Å². The molecule has 0 bridgehead atoms. The molecule has 0 radical (unpaired) electrons. The standard InChI is InChI=1S/C24H32N4O3S2/c1-20-5-4-7-22(17-20)27-9-11-28(12-10-27)33(30,31)19-24(29)25-23-8-3-2-6-21(23)18-26-13-15-32-16-14-26/h2-8,17H,9-16,18-19H2,1H3,(H,25,29). The molecular formula is C24H32N4O3S2. The Bertz CT molecular complexity index is 1060. The van der Waals surface area contributed by atoms with Crippen molar-refractivity contribution in [2.45, 2.75) is 13.5 Å². The predicted molar refractivity (Wildman–Crippen MR) is 136 cm³/mol. The fourth-order valence-electron chi connectivity index (χ4n) is 4.27. The summed E-state index contributed by atoms with van der Waals surface area (Å²) in [6, 6.07) is 15.9. The summed E-state index contributed by atoms with van der Waals surface area (Å²) in [4.78, 5) is 17.3. The summed E-state index contributed by atoms with van der Waals surface area (Å²) < 4.78 is 27.3. The molecular weight excluding hydrogens is 456 g/mol. The number of hydrogen-bond donors (Lipinski definition) is 1. The van der Waals surface area contributed by atoms with Crippen molar-refractivity contribution in [2.75, 3.05) is 66.7 Å². The van der Waals surface area contributed by atoms with E-state index in [1.807, 2.05) is 61.2 Å². The molecule has 2 aliphatic heterocycles. The van der Waals surface area contributed by atoms with Crippen LogP contribution in [0.15, 0.2) is 48.5 Å². The average molecular weight is 489 g/mol. The molecule has 9 heteroatoms. The number of piperazine rings is 1. The van der Waals surface area contributed by atoms with E-state index in [0.29, 0.717) is 31.9 Å². The number of hydrogen-bond acceptors (Lipinski definition) is 6. The molecule has 2 saturated heterocycles. The Morgan fingerprint density at radius 1 is 0.970 bits per heavy atom. The molecule has 1 N–H and O–H groups in total. The number of aryl methyl sites for hydroxylation is 1. The van der Waals surface area contributed by atoms with Crippen LogP contribution in [0.4, 0.5) is 11.4 Å². The first kappa shape index (κ1) is 24.1. The third kappa shape index (κ3) is 6.50. The van der Waals surface area contributed by atoms with Crippen molar-refractivity contribution in [3.05, 3.63) is 59.7 Å². The third-order valence-corrected chi connectivity index (χ3v) is 8.82. The highest BCUT2D eigenvalue weighted by Crippen LogP contribution is 2.21. The highest BCUT2D eigenvalue weighted by atomic mass is 32.2. The van der Waals surface area contributed by atoms with Crippen molar-refractivity contribution in [1.29, 1.82) is 0 Å². The average Bonchev–Trinajstić information content (AvgIpc) is 2.81. The normalized spacial score (nSPS) is 18.3. The largest absolute Gasteiger partial charge is 0.369 e. The van der Waals surface area contributed by atoms with Crippen LogP contribution in [0.25, 0.3) is 0 Å². The lowest BCUT2D eigenvalue weighted by molar-refractivity contribution is -0.113. The van der Waals surface area contributed by atoms with Gasteiger partial charge < -0.3 is 10.2 Å². The van der Waals surface area contributed by atoms with E-state index in [1.165, 1.54) is 9.87 Å². The second-order valence-electron chi connectivity index (χ2n) is 8.58. The van der Waals surface area contributed by atoms with E-state index in [0.717, 1.165) is 42.4 Å². The minimum absolute atomic E-state index is 0.382. The lowest BCUT2D eigenvalue weighted by Crippen LogP contribution is -2.50. The van der Waals surface area contributed by atoms with Crippen LogP contribution in [-0.2, 0) is 21.4 Å². The molecule has 0 saturated carbocycles. The van der Waals surface area contributed by atoms with Crippen molar-refractivity contribution >= 4 is 39.1 Å². The zero-order chi connectivity index (χ0) is 23.3. The van der Waals surface area contributed by atoms with Gasteiger partial charge in [-0.3, -0.25) is 9.69 Å². The zero-order valence-electron chi connectivity index (χ0n) is 19.1. The Morgan fingerprint density at radius 2 is 1.70 bits per heavy atom. The highest BCUT2D eigenvalue weighted by Gasteiger charge is 2.29. The van der Waals surface area contributed by atoms with Crippen molar-refractivity contribution in [1.82, 2.24) is 9.21 Å². The van der Waals surface area contributed by atoms with Gasteiger partial charge in [0.2, 0.25) is 15.9 Å². The summed E-state index contributed by atoms with van der Waals surface area (Å²) in [5, 5.41) is 2.85. The zero-order valence-corrected chi connectivity index (χ0v) is 20.7. The lowest BCUT2D eigenvalue weighted by Gasteiger charge is -2.35. The highest BCUT2D eigenvalue weighted by molar-refractivity contribution is 7.99. The molecule has 178 valence electrons. The minimum Gasteiger partial charge on any atom is -0.369 e. The van der Waals surface area contributed by atoms with E-state index in [2.05, 4.69) is 21.2 Å². The van der Waals surface area contributed by atoms with Crippen LogP contribution in [0.5, 0.6) is 0 Å². The molecule has 1 amide bonds. The fraction of sp³-hybridized carbons (Fsp3) is 0.458. The van der Waals surface area contributed by atoms with Crippen LogP contribution in [0.3, 0.4) is 0 Å². The number of para-hydroxylation sites is 1. The van der Waals surface area contributed by atoms with Crippen molar-refractivity contribution < 1.29 is 13.2 Å². The van der Waals surface area contributed by atoms with Gasteiger partial charge >= 0.3 is 0 Å². The monoisotopic (exact) mass is 488 g/mol. The number of benzene rings is 2. The molecule has 0 spiro atoms. The number of amides is 1. The van der Waals surface area contributed by atoms with Gasteiger partial charge in [-0.1, -0.05) is 30.3 Å². The van der Waals surface area contributed by atoms with Crippen LogP contribution in [0, 0.1) is 6.92 Å². The maximum atomic E-state index is 12.9. The topological polar surface area (TPSA) is 73.0 Å². The van der Waals surface area contributed by atoms with E-state index in [-0.39, 0.29) is 0 Å². The van der Waals surface area contributed by atoms with Crippen molar-refractivity contribution in [3.63, 3.8) is 0 Å². The molecule has 0 aliphatic carbocycles. The molecule has 33 heavy (non-hydrogen) atoms. The maximum absolute atomic E-state index is 12.9. The number of thioether (sulfide) groups is 1. The fourth-order valence-corrected chi connectivity index (χ4v) is 6.56. The predicted octanol–water partition coefficient (Wildman–Crippen LogP) is 2.63. The summed E-state index contributed by atoms with van der Waals surface area (Å²) in [6.45, 7) is 6.84. The van der Waals surface area contributed by atoms with Crippen LogP contribution in [0.2, 0.25) is 0 Å². The Hall–Kier alpha value is -2.07. The number of carbonyl (C=O) groups is 1. The van der Waals surface area contributed by atoms with Gasteiger partial charge in [-0.15, -0.1) is 0 Å². The smallest absolute Gasteiger partial charge is 0.241 e. The van der Waals surface area contributed by atoms with Gasteiger partial charge in [-0.2, -0.15) is 16.1 Å². The molecule has 2 fully saturated rings. The Kier molecular flexibility index (Phi) is 7.95. The summed E-state index contributed by atoms with van der Waals surface area (Å²) in [7, 11) is -3.68. The first-order chi connectivity index (χ1) is 15.9. The molecule has 2 aliphatic rings. The van der Waals surface area contributed by atoms with E-state index >= 15 is 0 Å². The molecule has 4 rings (SSSR count). The summed E-state index contributed by atoms with van der Waals surface area (Å²) in [6.07, 6.45) is 0. The van der Waals surface area contributed by atoms with Gasteiger partial charge in [0, 0.05) is 68.7 Å². The van der Waals surface area contributed by atoms with Gasteiger partial charge in [-0.25, -0.2) is 8.42 Å². The number of sulfonamides is 1. The number of nitrogens with zero attached hydrogens (tertiary/aromatic N) is 3. The van der Waals surface area contributed by atoms with Crippen molar-refractivity contribution in [2.24, 2.45) is 0 Å². The van der Waals surface area contributed by atoms with E-state index in [9.17, 15) is 13.2 Å². The van der Waals surface area contributed by atoms with Crippen LogP contribution < -0.4 is 10.2 Å². The molecule has 2 aromatic carbocycles. The van der Waals surface area contributed by atoms with Gasteiger partial charge in [0.1, 0.15) is 5.75 Å². The molecule has 0 atom stereocenters. The molecule has 2 aromatic rings. The minimum atomic E-state index is -3.68. The number of anilines is 2. The van der Waals surface area contributed by atoms with Gasteiger partial charge in [0.05, 0.1) is 0 Å². The summed E-state index contributed by atoms with van der Waals surface area (Å²) in [5.41, 5.74) is 3.99. The Balaban J connectivity index is 1.33. The summed E-state index contributed by atoms with van der Waals surface area (Å²) >= 11 is 1.96. The second-order valence-corrected chi connectivity index (χ2v) is 11.8. The van der Waals surface area contributed by atoms with E-state index in [4.69, 9.17) is 0 Å². The number of rotatable bonds is 7. The first-order valence-electron chi connectivity index (χ1n) is 11.4. The van der Waals surface area contributed by atoms with Gasteiger partial charge in [0.15, 0.2) is 0 Å². The molecule has 2 heterocycles. The van der Waals surface area contributed by atoms with E-state index < -0.39 is 21.7 Å². The lowest BCUT2D eigenvalue weighted by atomic mass is 10.1.